The Bertz CT molecular complexity index is 3250. The normalized spacial score (nSPS) is 11.3. The molecule has 9 aromatic carbocycles. The van der Waals surface area contributed by atoms with Crippen LogP contribution in [0.25, 0.3) is 106 Å². The smallest absolute Gasteiger partial charge is 0.164 e. The summed E-state index contributed by atoms with van der Waals surface area (Å²) in [5.74, 6) is 1.85. The summed E-state index contributed by atoms with van der Waals surface area (Å²) in [6.45, 7) is 0. The fourth-order valence-electron chi connectivity index (χ4n) is 8.57. The molecule has 11 rings (SSSR count). The van der Waals surface area contributed by atoms with E-state index in [0.29, 0.717) is 17.5 Å². The number of rotatable bonds is 8. The van der Waals surface area contributed by atoms with Gasteiger partial charge in [0.25, 0.3) is 0 Å². The van der Waals surface area contributed by atoms with Gasteiger partial charge >= 0.3 is 0 Å². The molecule has 4 nitrogen and oxygen atoms in total. The highest BCUT2D eigenvalue weighted by atomic mass is 15.0. The summed E-state index contributed by atoms with van der Waals surface area (Å²) in [7, 11) is 0. The van der Waals surface area contributed by atoms with E-state index in [1.807, 2.05) is 12.1 Å². The van der Waals surface area contributed by atoms with Gasteiger partial charge in [-0.3, -0.25) is 0 Å². The molecule has 0 aliphatic rings. The van der Waals surface area contributed by atoms with Crippen LogP contribution in [-0.4, -0.2) is 19.5 Å². The van der Waals surface area contributed by atoms with Gasteiger partial charge in [-0.05, 0) is 87.0 Å². The molecule has 0 saturated carbocycles. The highest BCUT2D eigenvalue weighted by molar-refractivity contribution is 6.11. The molecular formula is C57H38N4. The Kier molecular flexibility index (Phi) is 9.14. The molecule has 61 heavy (non-hydrogen) atoms. The van der Waals surface area contributed by atoms with Crippen molar-refractivity contribution in [1.29, 1.82) is 0 Å². The van der Waals surface area contributed by atoms with E-state index in [9.17, 15) is 0 Å². The van der Waals surface area contributed by atoms with Crippen LogP contribution in [0.5, 0.6) is 0 Å². The van der Waals surface area contributed by atoms with E-state index < -0.39 is 0 Å². The van der Waals surface area contributed by atoms with Crippen LogP contribution >= 0.6 is 0 Å². The van der Waals surface area contributed by atoms with Crippen LogP contribution in [0.4, 0.5) is 0 Å². The SMILES string of the molecule is c1ccc(-c2cccc(-c3nc(-c4cccc(-c5ccccc5)c4)nc(-c4ccccc4-c4ccccc4-c4ccc5c(c4)c4ccccc4n5-c4ccccc4)n3)c2)cc1. The number of hydrogen-bond acceptors (Lipinski definition) is 3. The summed E-state index contributed by atoms with van der Waals surface area (Å²) in [5.41, 5.74) is 15.2. The van der Waals surface area contributed by atoms with Gasteiger partial charge in [0.2, 0.25) is 0 Å². The number of hydrogen-bond donors (Lipinski definition) is 0. The van der Waals surface area contributed by atoms with Gasteiger partial charge < -0.3 is 4.57 Å². The average molecular weight is 779 g/mol. The molecule has 0 radical (unpaired) electrons. The zero-order valence-electron chi connectivity index (χ0n) is 33.2. The number of fused-ring (bicyclic) bond motifs is 3. The lowest BCUT2D eigenvalue weighted by Gasteiger charge is -2.16. The van der Waals surface area contributed by atoms with Crippen molar-refractivity contribution in [2.75, 3.05) is 0 Å². The lowest BCUT2D eigenvalue weighted by molar-refractivity contribution is 1.07. The predicted octanol–water partition coefficient (Wildman–Crippen LogP) is 14.6. The lowest BCUT2D eigenvalue weighted by atomic mass is 9.91. The third-order valence-electron chi connectivity index (χ3n) is 11.5. The molecule has 4 heteroatoms. The van der Waals surface area contributed by atoms with Crippen molar-refractivity contribution in [3.05, 3.63) is 231 Å². The molecule has 0 aliphatic carbocycles. The first kappa shape index (κ1) is 35.9. The van der Waals surface area contributed by atoms with Crippen molar-refractivity contribution < 1.29 is 0 Å². The Morgan fingerprint density at radius 2 is 0.689 bits per heavy atom. The van der Waals surface area contributed by atoms with Gasteiger partial charge in [-0.2, -0.15) is 0 Å². The molecule has 0 amide bonds. The molecule has 2 aromatic heterocycles. The van der Waals surface area contributed by atoms with Gasteiger partial charge in [0.15, 0.2) is 17.5 Å². The zero-order valence-corrected chi connectivity index (χ0v) is 33.2. The van der Waals surface area contributed by atoms with Crippen molar-refractivity contribution >= 4 is 21.8 Å². The number of nitrogens with zero attached hydrogens (tertiary/aromatic N) is 4. The molecule has 0 spiro atoms. The minimum atomic E-state index is 0.613. The van der Waals surface area contributed by atoms with Gasteiger partial charge in [0.1, 0.15) is 0 Å². The molecule has 286 valence electrons. The summed E-state index contributed by atoms with van der Waals surface area (Å²) in [6.07, 6.45) is 0. The fraction of sp³-hybridized carbons (Fsp3) is 0. The molecule has 0 atom stereocenters. The molecule has 0 fully saturated rings. The van der Waals surface area contributed by atoms with Gasteiger partial charge in [-0.1, -0.05) is 188 Å². The summed E-state index contributed by atoms with van der Waals surface area (Å²) in [4.78, 5) is 15.8. The van der Waals surface area contributed by atoms with E-state index in [4.69, 9.17) is 15.0 Å². The maximum absolute atomic E-state index is 5.29. The van der Waals surface area contributed by atoms with Crippen LogP contribution < -0.4 is 0 Å². The molecule has 0 saturated heterocycles. The van der Waals surface area contributed by atoms with E-state index >= 15 is 0 Å². The van der Waals surface area contributed by atoms with E-state index in [1.54, 1.807) is 0 Å². The average Bonchev–Trinajstić information content (AvgIpc) is 3.68. The monoisotopic (exact) mass is 778 g/mol. The number of aromatic nitrogens is 4. The Morgan fingerprint density at radius 3 is 1.31 bits per heavy atom. The lowest BCUT2D eigenvalue weighted by Crippen LogP contribution is -2.01. The Labute approximate surface area is 354 Å². The largest absolute Gasteiger partial charge is 0.309 e. The summed E-state index contributed by atoms with van der Waals surface area (Å²) in [6, 6.07) is 81.1. The van der Waals surface area contributed by atoms with Crippen molar-refractivity contribution in [3.63, 3.8) is 0 Å². The maximum Gasteiger partial charge on any atom is 0.164 e. The molecule has 0 N–H and O–H groups in total. The molecule has 2 heterocycles. The van der Waals surface area contributed by atoms with Crippen LogP contribution in [0.15, 0.2) is 231 Å². The molecule has 0 aliphatic heterocycles. The minimum absolute atomic E-state index is 0.613. The van der Waals surface area contributed by atoms with Crippen molar-refractivity contribution in [2.24, 2.45) is 0 Å². The topological polar surface area (TPSA) is 43.6 Å². The first-order valence-corrected chi connectivity index (χ1v) is 20.6. The molecule has 11 aromatic rings. The highest BCUT2D eigenvalue weighted by Gasteiger charge is 2.19. The van der Waals surface area contributed by atoms with Crippen molar-refractivity contribution in [3.8, 4) is 84.4 Å². The van der Waals surface area contributed by atoms with Crippen molar-refractivity contribution in [1.82, 2.24) is 19.5 Å². The van der Waals surface area contributed by atoms with E-state index in [2.05, 4.69) is 223 Å². The molecule has 0 bridgehead atoms. The van der Waals surface area contributed by atoms with Crippen LogP contribution in [0.1, 0.15) is 0 Å². The number of para-hydroxylation sites is 2. The maximum atomic E-state index is 5.29. The van der Waals surface area contributed by atoms with Gasteiger partial charge in [-0.25, -0.2) is 15.0 Å². The van der Waals surface area contributed by atoms with Crippen LogP contribution in [0.2, 0.25) is 0 Å². The first-order valence-electron chi connectivity index (χ1n) is 20.6. The van der Waals surface area contributed by atoms with Crippen LogP contribution in [0.3, 0.4) is 0 Å². The third-order valence-corrected chi connectivity index (χ3v) is 11.5. The summed E-state index contributed by atoms with van der Waals surface area (Å²) >= 11 is 0. The van der Waals surface area contributed by atoms with Gasteiger partial charge in [-0.15, -0.1) is 0 Å². The summed E-state index contributed by atoms with van der Waals surface area (Å²) < 4.78 is 2.36. The van der Waals surface area contributed by atoms with Gasteiger partial charge in [0, 0.05) is 33.2 Å². The Morgan fingerprint density at radius 1 is 0.246 bits per heavy atom. The third kappa shape index (κ3) is 6.76. The van der Waals surface area contributed by atoms with E-state index in [0.717, 1.165) is 66.9 Å². The Hall–Kier alpha value is -8.21. The standard InChI is InChI=1S/C57H38N4/c1-4-18-39(19-5-1)41-22-16-24-44(36-41)55-58-56(45-25-17-23-42(37-45)40-20-6-2-7-21-40)60-57(59-55)51-32-13-12-30-49(51)48-29-11-10-28-47(48)43-34-35-54-52(38-43)50-31-14-15-33-53(50)61(54)46-26-8-3-9-27-46/h1-38H. The number of benzene rings is 9. The summed E-state index contributed by atoms with van der Waals surface area (Å²) in [5, 5.41) is 2.43. The second-order valence-electron chi connectivity index (χ2n) is 15.2. The minimum Gasteiger partial charge on any atom is -0.309 e. The zero-order chi connectivity index (χ0) is 40.5. The van der Waals surface area contributed by atoms with Gasteiger partial charge in [0.05, 0.1) is 11.0 Å². The predicted molar refractivity (Wildman–Crippen MR) is 252 cm³/mol. The van der Waals surface area contributed by atoms with Crippen LogP contribution in [-0.2, 0) is 0 Å². The molecule has 0 unspecified atom stereocenters. The second-order valence-corrected chi connectivity index (χ2v) is 15.2. The first-order chi connectivity index (χ1) is 30.2. The second kappa shape index (κ2) is 15.5. The van der Waals surface area contributed by atoms with Crippen molar-refractivity contribution in [2.45, 2.75) is 0 Å². The fourth-order valence-corrected chi connectivity index (χ4v) is 8.57. The molecular weight excluding hydrogens is 741 g/mol. The van der Waals surface area contributed by atoms with E-state index in [1.165, 1.54) is 21.8 Å². The Balaban J connectivity index is 1.08. The highest BCUT2D eigenvalue weighted by Crippen LogP contribution is 2.41. The quantitative estimate of drug-likeness (QED) is 0.154. The van der Waals surface area contributed by atoms with Crippen LogP contribution in [0, 0.1) is 0 Å². The van der Waals surface area contributed by atoms with E-state index in [-0.39, 0.29) is 0 Å².